The molecule has 1 heterocycles. The number of halogens is 3. The third kappa shape index (κ3) is 3.74. The van der Waals surface area contributed by atoms with E-state index in [-0.39, 0.29) is 18.4 Å². The highest BCUT2D eigenvalue weighted by Crippen LogP contribution is 2.30. The highest BCUT2D eigenvalue weighted by molar-refractivity contribution is 9.10. The van der Waals surface area contributed by atoms with Gasteiger partial charge in [0.05, 0.1) is 10.7 Å². The Bertz CT molecular complexity index is 826. The molecule has 0 saturated heterocycles. The number of nitrogens with zero attached hydrogens (tertiary/aromatic N) is 1. The fraction of sp³-hybridized carbons (Fsp3) is 0.176. The van der Waals surface area contributed by atoms with Gasteiger partial charge in [0.1, 0.15) is 6.54 Å². The molecular formula is C17H13BrCl2N2O2. The largest absolute Gasteiger partial charge is 0.323 e. The summed E-state index contributed by atoms with van der Waals surface area (Å²) in [4.78, 5) is 26.1. The fourth-order valence-corrected chi connectivity index (χ4v) is 3.49. The number of amides is 2. The van der Waals surface area contributed by atoms with Crippen molar-refractivity contribution < 1.29 is 9.59 Å². The number of hydrogen-bond acceptors (Lipinski definition) is 2. The lowest BCUT2D eigenvalue weighted by Gasteiger charge is -2.29. The van der Waals surface area contributed by atoms with Crippen molar-refractivity contribution in [2.75, 3.05) is 16.8 Å². The van der Waals surface area contributed by atoms with Gasteiger partial charge in [-0.15, -0.1) is 0 Å². The molecular weight excluding hydrogens is 415 g/mol. The summed E-state index contributed by atoms with van der Waals surface area (Å²) in [6.07, 6.45) is 1.06. The SMILES string of the molecule is O=C(CN1C(=O)CCc2cc(Br)ccc21)Nc1ccc(Cl)cc1Cl. The Hall–Kier alpha value is -1.56. The number of carbonyl (C=O) groups is 2. The first-order valence-corrected chi connectivity index (χ1v) is 8.82. The van der Waals surface area contributed by atoms with Crippen molar-refractivity contribution in [1.82, 2.24) is 0 Å². The van der Waals surface area contributed by atoms with E-state index in [1.54, 1.807) is 18.2 Å². The van der Waals surface area contributed by atoms with E-state index in [4.69, 9.17) is 23.2 Å². The molecule has 4 nitrogen and oxygen atoms in total. The van der Waals surface area contributed by atoms with Gasteiger partial charge in [-0.3, -0.25) is 9.59 Å². The molecule has 24 heavy (non-hydrogen) atoms. The predicted molar refractivity (Wildman–Crippen MR) is 99.9 cm³/mol. The molecule has 1 aliphatic heterocycles. The zero-order chi connectivity index (χ0) is 17.3. The Balaban J connectivity index is 1.78. The Kier molecular flexibility index (Phi) is 5.13. The quantitative estimate of drug-likeness (QED) is 0.773. The Morgan fingerprint density at radius 1 is 1.17 bits per heavy atom. The van der Waals surface area contributed by atoms with Crippen LogP contribution >= 0.6 is 39.1 Å². The first kappa shape index (κ1) is 17.3. The van der Waals surface area contributed by atoms with E-state index >= 15 is 0 Å². The highest BCUT2D eigenvalue weighted by atomic mass is 79.9. The summed E-state index contributed by atoms with van der Waals surface area (Å²) in [5.41, 5.74) is 2.28. The third-order valence-corrected chi connectivity index (χ3v) is 4.79. The van der Waals surface area contributed by atoms with Crippen LogP contribution in [-0.4, -0.2) is 18.4 Å². The van der Waals surface area contributed by atoms with E-state index in [0.29, 0.717) is 28.6 Å². The summed E-state index contributed by atoms with van der Waals surface area (Å²) in [7, 11) is 0. The maximum atomic E-state index is 12.3. The van der Waals surface area contributed by atoms with Gasteiger partial charge >= 0.3 is 0 Å². The molecule has 0 atom stereocenters. The lowest BCUT2D eigenvalue weighted by atomic mass is 10.0. The summed E-state index contributed by atoms with van der Waals surface area (Å²) >= 11 is 15.3. The van der Waals surface area contributed by atoms with Gasteiger partial charge in [-0.25, -0.2) is 0 Å². The van der Waals surface area contributed by atoms with Gasteiger partial charge in [0.15, 0.2) is 0 Å². The van der Waals surface area contributed by atoms with Crippen molar-refractivity contribution in [2.45, 2.75) is 12.8 Å². The van der Waals surface area contributed by atoms with Gasteiger partial charge in [0, 0.05) is 21.6 Å². The van der Waals surface area contributed by atoms with Crippen LogP contribution in [0, 0.1) is 0 Å². The topological polar surface area (TPSA) is 49.4 Å². The first-order valence-electron chi connectivity index (χ1n) is 7.28. The normalized spacial score (nSPS) is 13.6. The van der Waals surface area contributed by atoms with Crippen LogP contribution in [0.2, 0.25) is 10.0 Å². The van der Waals surface area contributed by atoms with E-state index in [0.717, 1.165) is 15.7 Å². The van der Waals surface area contributed by atoms with Crippen LogP contribution < -0.4 is 10.2 Å². The minimum Gasteiger partial charge on any atom is -0.323 e. The average molecular weight is 428 g/mol. The second-order valence-electron chi connectivity index (χ2n) is 5.43. The van der Waals surface area contributed by atoms with Crippen molar-refractivity contribution in [1.29, 1.82) is 0 Å². The van der Waals surface area contributed by atoms with Crippen molar-refractivity contribution in [3.05, 3.63) is 56.5 Å². The number of fused-ring (bicyclic) bond motifs is 1. The first-order chi connectivity index (χ1) is 11.4. The minimum atomic E-state index is -0.316. The lowest BCUT2D eigenvalue weighted by Crippen LogP contribution is -2.40. The molecule has 0 bridgehead atoms. The van der Waals surface area contributed by atoms with Crippen LogP contribution in [-0.2, 0) is 16.0 Å². The van der Waals surface area contributed by atoms with Crippen molar-refractivity contribution in [3.63, 3.8) is 0 Å². The van der Waals surface area contributed by atoms with Crippen molar-refractivity contribution >= 4 is 62.3 Å². The number of rotatable bonds is 3. The summed E-state index contributed by atoms with van der Waals surface area (Å²) in [5.74, 6) is -0.384. The van der Waals surface area contributed by atoms with Crippen molar-refractivity contribution in [2.24, 2.45) is 0 Å². The van der Waals surface area contributed by atoms with Crippen LogP contribution in [0.3, 0.4) is 0 Å². The number of nitrogens with one attached hydrogen (secondary N) is 1. The molecule has 2 aromatic carbocycles. The van der Waals surface area contributed by atoms with Crippen LogP contribution in [0.25, 0.3) is 0 Å². The standard InChI is InChI=1S/C17H13BrCl2N2O2/c18-11-2-5-15-10(7-11)1-6-17(24)22(15)9-16(23)21-14-4-3-12(19)8-13(14)20/h2-5,7-8H,1,6,9H2,(H,21,23). The van der Waals surface area contributed by atoms with Gasteiger partial charge < -0.3 is 10.2 Å². The maximum absolute atomic E-state index is 12.3. The third-order valence-electron chi connectivity index (χ3n) is 3.75. The van der Waals surface area contributed by atoms with E-state index in [1.165, 1.54) is 4.90 Å². The summed E-state index contributed by atoms with van der Waals surface area (Å²) in [5, 5.41) is 3.56. The van der Waals surface area contributed by atoms with Gasteiger partial charge in [0.2, 0.25) is 11.8 Å². The van der Waals surface area contributed by atoms with Crippen LogP contribution in [0.4, 0.5) is 11.4 Å². The van der Waals surface area contributed by atoms with E-state index in [9.17, 15) is 9.59 Å². The molecule has 1 aliphatic rings. The van der Waals surface area contributed by atoms with Gasteiger partial charge in [-0.2, -0.15) is 0 Å². The van der Waals surface area contributed by atoms with Crippen LogP contribution in [0.1, 0.15) is 12.0 Å². The predicted octanol–water partition coefficient (Wildman–Crippen LogP) is 4.67. The molecule has 0 spiro atoms. The Morgan fingerprint density at radius 3 is 2.71 bits per heavy atom. The molecule has 0 radical (unpaired) electrons. The molecule has 2 amide bonds. The molecule has 0 fully saturated rings. The average Bonchev–Trinajstić information content (AvgIpc) is 2.53. The smallest absolute Gasteiger partial charge is 0.244 e. The van der Waals surface area contributed by atoms with E-state index < -0.39 is 0 Å². The Labute approximate surface area is 157 Å². The second kappa shape index (κ2) is 7.13. The summed E-state index contributed by atoms with van der Waals surface area (Å²) < 4.78 is 0.952. The highest BCUT2D eigenvalue weighted by Gasteiger charge is 2.26. The minimum absolute atomic E-state index is 0.0631. The summed E-state index contributed by atoms with van der Waals surface area (Å²) in [6.45, 7) is -0.0631. The monoisotopic (exact) mass is 426 g/mol. The molecule has 0 saturated carbocycles. The number of anilines is 2. The lowest BCUT2D eigenvalue weighted by molar-refractivity contribution is -0.121. The number of benzene rings is 2. The molecule has 0 aromatic heterocycles. The molecule has 2 aromatic rings. The van der Waals surface area contributed by atoms with Crippen molar-refractivity contribution in [3.8, 4) is 0 Å². The molecule has 124 valence electrons. The zero-order valence-electron chi connectivity index (χ0n) is 12.5. The maximum Gasteiger partial charge on any atom is 0.244 e. The number of hydrogen-bond donors (Lipinski definition) is 1. The van der Waals surface area contributed by atoms with E-state index in [2.05, 4.69) is 21.2 Å². The fourth-order valence-electron chi connectivity index (χ4n) is 2.63. The van der Waals surface area contributed by atoms with Gasteiger partial charge in [0.25, 0.3) is 0 Å². The Morgan fingerprint density at radius 2 is 1.96 bits per heavy atom. The van der Waals surface area contributed by atoms with Gasteiger partial charge in [-0.05, 0) is 48.4 Å². The molecule has 3 rings (SSSR count). The zero-order valence-corrected chi connectivity index (χ0v) is 15.6. The van der Waals surface area contributed by atoms with Crippen LogP contribution in [0.15, 0.2) is 40.9 Å². The molecule has 1 N–H and O–H groups in total. The number of carbonyl (C=O) groups excluding carboxylic acids is 2. The molecule has 7 heteroatoms. The molecule has 0 unspecified atom stereocenters. The molecule has 0 aliphatic carbocycles. The van der Waals surface area contributed by atoms with E-state index in [1.807, 2.05) is 18.2 Å². The second-order valence-corrected chi connectivity index (χ2v) is 7.18. The van der Waals surface area contributed by atoms with Crippen LogP contribution in [0.5, 0.6) is 0 Å². The number of aryl methyl sites for hydroxylation is 1. The summed E-state index contributed by atoms with van der Waals surface area (Å²) in [6, 6.07) is 10.5. The van der Waals surface area contributed by atoms with Gasteiger partial charge in [-0.1, -0.05) is 39.1 Å².